The lowest BCUT2D eigenvalue weighted by atomic mass is 9.97. The maximum Gasteiger partial charge on any atom is 0.314 e. The highest BCUT2D eigenvalue weighted by atomic mass is 16.5. The van der Waals surface area contributed by atoms with Crippen LogP contribution in [0.25, 0.3) is 0 Å². The molecule has 0 radical (unpaired) electrons. The Morgan fingerprint density at radius 1 is 1.08 bits per heavy atom. The summed E-state index contributed by atoms with van der Waals surface area (Å²) in [5, 5.41) is 0. The Balaban J connectivity index is 1.62. The summed E-state index contributed by atoms with van der Waals surface area (Å²) in [6.07, 6.45) is 2.80. The number of piperidine rings is 1. The second-order valence-electron chi connectivity index (χ2n) is 7.25. The Labute approximate surface area is 144 Å². The van der Waals surface area contributed by atoms with E-state index in [2.05, 4.69) is 11.8 Å². The van der Waals surface area contributed by atoms with Crippen molar-refractivity contribution in [2.45, 2.75) is 32.2 Å². The van der Waals surface area contributed by atoms with E-state index in [0.29, 0.717) is 25.0 Å². The maximum absolute atomic E-state index is 13.0. The van der Waals surface area contributed by atoms with Gasteiger partial charge in [-0.25, -0.2) is 4.79 Å². The highest BCUT2D eigenvalue weighted by Crippen LogP contribution is 2.28. The fourth-order valence-corrected chi connectivity index (χ4v) is 4.40. The number of nitrogens with zero attached hydrogens (tertiary/aromatic N) is 3. The molecule has 3 saturated heterocycles. The molecule has 0 aromatic carbocycles. The molecule has 0 unspecified atom stereocenters. The zero-order valence-electron chi connectivity index (χ0n) is 14.7. The Morgan fingerprint density at radius 2 is 1.83 bits per heavy atom. The number of morpholine rings is 1. The van der Waals surface area contributed by atoms with Gasteiger partial charge in [0.05, 0.1) is 19.1 Å². The fourth-order valence-electron chi connectivity index (χ4n) is 4.40. The number of carbonyl (C=O) groups is 2. The van der Waals surface area contributed by atoms with Crippen molar-refractivity contribution in [1.29, 1.82) is 0 Å². The largest absolute Gasteiger partial charge is 0.379 e. The smallest absolute Gasteiger partial charge is 0.314 e. The first kappa shape index (κ1) is 17.5. The third kappa shape index (κ3) is 3.67. The summed E-state index contributed by atoms with van der Waals surface area (Å²) in [7, 11) is 0. The van der Waals surface area contributed by atoms with E-state index in [1.54, 1.807) is 4.90 Å². The monoisotopic (exact) mass is 338 g/mol. The van der Waals surface area contributed by atoms with Crippen LogP contribution < -0.4 is 5.73 Å². The topological polar surface area (TPSA) is 79.1 Å². The lowest BCUT2D eigenvalue weighted by molar-refractivity contribution is -0.136. The van der Waals surface area contributed by atoms with Gasteiger partial charge >= 0.3 is 6.03 Å². The molecule has 136 valence electrons. The molecule has 3 aliphatic rings. The van der Waals surface area contributed by atoms with Gasteiger partial charge < -0.3 is 20.3 Å². The van der Waals surface area contributed by atoms with Crippen molar-refractivity contribution in [3.05, 3.63) is 0 Å². The van der Waals surface area contributed by atoms with E-state index in [4.69, 9.17) is 10.5 Å². The van der Waals surface area contributed by atoms with Crippen LogP contribution in [0.5, 0.6) is 0 Å². The fraction of sp³-hybridized carbons (Fsp3) is 0.882. The number of rotatable bonds is 3. The minimum Gasteiger partial charge on any atom is -0.379 e. The van der Waals surface area contributed by atoms with E-state index in [1.165, 1.54) is 0 Å². The van der Waals surface area contributed by atoms with Crippen LogP contribution in [0.1, 0.15) is 26.2 Å². The predicted octanol–water partition coefficient (Wildman–Crippen LogP) is 0.346. The molecule has 0 bridgehead atoms. The van der Waals surface area contributed by atoms with E-state index in [0.717, 1.165) is 58.7 Å². The van der Waals surface area contributed by atoms with Gasteiger partial charge in [-0.2, -0.15) is 0 Å². The standard InChI is InChI=1S/C17H30N4O3/c1-2-13-10-21(12-15(13)19-6-8-24-9-7-19)16(22)14-4-3-5-20(11-14)17(18)23/h13-15H,2-12H2,1H3,(H2,18,23)/t13-,14-,15-/m1/s1. The van der Waals surface area contributed by atoms with Crippen molar-refractivity contribution in [1.82, 2.24) is 14.7 Å². The number of hydrogen-bond acceptors (Lipinski definition) is 4. The van der Waals surface area contributed by atoms with E-state index >= 15 is 0 Å². The zero-order valence-corrected chi connectivity index (χ0v) is 14.7. The molecule has 0 aromatic heterocycles. The van der Waals surface area contributed by atoms with Gasteiger partial charge in [0.15, 0.2) is 0 Å². The van der Waals surface area contributed by atoms with Crippen LogP contribution in [0, 0.1) is 11.8 Å². The molecule has 0 aliphatic carbocycles. The average molecular weight is 338 g/mol. The summed E-state index contributed by atoms with van der Waals surface area (Å²) in [4.78, 5) is 30.5. The molecule has 3 amide bonds. The van der Waals surface area contributed by atoms with E-state index in [-0.39, 0.29) is 11.8 Å². The Kier molecular flexibility index (Phi) is 5.61. The third-order valence-electron chi connectivity index (χ3n) is 5.84. The minimum atomic E-state index is -0.411. The average Bonchev–Trinajstić information content (AvgIpc) is 3.06. The van der Waals surface area contributed by atoms with Crippen LogP contribution >= 0.6 is 0 Å². The Hall–Kier alpha value is -1.34. The highest BCUT2D eigenvalue weighted by molar-refractivity contribution is 5.81. The number of hydrogen-bond donors (Lipinski definition) is 1. The van der Waals surface area contributed by atoms with Gasteiger partial charge in [0.2, 0.25) is 5.91 Å². The number of likely N-dealkylation sites (tertiary alicyclic amines) is 2. The maximum atomic E-state index is 13.0. The summed E-state index contributed by atoms with van der Waals surface area (Å²) < 4.78 is 5.46. The number of urea groups is 1. The van der Waals surface area contributed by atoms with Crippen LogP contribution in [-0.4, -0.2) is 85.2 Å². The first-order valence-corrected chi connectivity index (χ1v) is 9.25. The second kappa shape index (κ2) is 7.70. The van der Waals surface area contributed by atoms with Crippen LogP contribution in [0.3, 0.4) is 0 Å². The highest BCUT2D eigenvalue weighted by Gasteiger charge is 2.40. The third-order valence-corrected chi connectivity index (χ3v) is 5.84. The molecule has 3 fully saturated rings. The van der Waals surface area contributed by atoms with Crippen LogP contribution in [0.2, 0.25) is 0 Å². The summed E-state index contributed by atoms with van der Waals surface area (Å²) in [6.45, 7) is 8.51. The second-order valence-corrected chi connectivity index (χ2v) is 7.25. The van der Waals surface area contributed by atoms with Crippen molar-refractivity contribution in [2.75, 3.05) is 52.5 Å². The van der Waals surface area contributed by atoms with Crippen LogP contribution in [0.15, 0.2) is 0 Å². The van der Waals surface area contributed by atoms with Crippen molar-refractivity contribution >= 4 is 11.9 Å². The zero-order chi connectivity index (χ0) is 17.1. The molecular formula is C17H30N4O3. The SMILES string of the molecule is CC[C@@H]1CN(C(=O)[C@@H]2CCCN(C(N)=O)C2)C[C@H]1N1CCOCC1. The normalized spacial score (nSPS) is 32.1. The quantitative estimate of drug-likeness (QED) is 0.805. The Morgan fingerprint density at radius 3 is 2.50 bits per heavy atom. The van der Waals surface area contributed by atoms with Crippen LogP contribution in [0.4, 0.5) is 4.79 Å². The molecule has 0 spiro atoms. The Bertz CT molecular complexity index is 467. The molecule has 3 heterocycles. The van der Waals surface area contributed by atoms with Crippen molar-refractivity contribution < 1.29 is 14.3 Å². The minimum absolute atomic E-state index is 0.0906. The van der Waals surface area contributed by atoms with Gasteiger partial charge in [-0.15, -0.1) is 0 Å². The molecule has 2 N–H and O–H groups in total. The van der Waals surface area contributed by atoms with Gasteiger partial charge in [0, 0.05) is 45.3 Å². The summed E-state index contributed by atoms with van der Waals surface area (Å²) >= 11 is 0. The van der Waals surface area contributed by atoms with E-state index in [1.807, 2.05) is 4.90 Å². The number of primary amides is 1. The van der Waals surface area contributed by atoms with Gasteiger partial charge in [-0.1, -0.05) is 13.3 Å². The summed E-state index contributed by atoms with van der Waals surface area (Å²) in [6, 6.07) is 0.0326. The lowest BCUT2D eigenvalue weighted by Crippen LogP contribution is -2.49. The molecule has 24 heavy (non-hydrogen) atoms. The number of ether oxygens (including phenoxy) is 1. The predicted molar refractivity (Wildman–Crippen MR) is 90.4 cm³/mol. The molecule has 3 aliphatic heterocycles. The first-order valence-electron chi connectivity index (χ1n) is 9.25. The first-order chi connectivity index (χ1) is 11.6. The van der Waals surface area contributed by atoms with E-state index in [9.17, 15) is 9.59 Å². The number of nitrogens with two attached hydrogens (primary N) is 1. The molecule has 0 saturated carbocycles. The molecule has 7 heteroatoms. The molecular weight excluding hydrogens is 308 g/mol. The van der Waals surface area contributed by atoms with E-state index < -0.39 is 6.03 Å². The molecule has 3 atom stereocenters. The van der Waals surface area contributed by atoms with Crippen molar-refractivity contribution in [2.24, 2.45) is 17.6 Å². The molecule has 3 rings (SSSR count). The number of amides is 3. The van der Waals surface area contributed by atoms with Crippen molar-refractivity contribution in [3.63, 3.8) is 0 Å². The lowest BCUT2D eigenvalue weighted by Gasteiger charge is -2.35. The van der Waals surface area contributed by atoms with Gasteiger partial charge in [-0.05, 0) is 18.8 Å². The number of carbonyl (C=O) groups excluding carboxylic acids is 2. The van der Waals surface area contributed by atoms with Gasteiger partial charge in [-0.3, -0.25) is 9.69 Å². The summed E-state index contributed by atoms with van der Waals surface area (Å²) in [5.41, 5.74) is 5.39. The van der Waals surface area contributed by atoms with Crippen LogP contribution in [-0.2, 0) is 9.53 Å². The van der Waals surface area contributed by atoms with Gasteiger partial charge in [0.25, 0.3) is 0 Å². The van der Waals surface area contributed by atoms with Gasteiger partial charge in [0.1, 0.15) is 0 Å². The molecule has 7 nitrogen and oxygen atoms in total. The molecule has 0 aromatic rings. The van der Waals surface area contributed by atoms with Crippen molar-refractivity contribution in [3.8, 4) is 0 Å². The summed E-state index contributed by atoms with van der Waals surface area (Å²) in [5.74, 6) is 0.644.